The molecule has 1 atom stereocenters. The fourth-order valence-electron chi connectivity index (χ4n) is 8.65. The van der Waals surface area contributed by atoms with Crippen LogP contribution in [0.5, 0.6) is 0 Å². The zero-order valence-corrected chi connectivity index (χ0v) is 30.9. The Kier molecular flexibility index (Phi) is 8.25. The molecule has 7 aromatic rings. The number of carbonyl (C=O) groups is 1. The molecule has 2 nitrogen and oxygen atoms in total. The van der Waals surface area contributed by atoms with Gasteiger partial charge in [0.1, 0.15) is 4.88 Å². The van der Waals surface area contributed by atoms with Crippen LogP contribution in [0.2, 0.25) is 5.02 Å². The number of thiophene rings is 1. The summed E-state index contributed by atoms with van der Waals surface area (Å²) in [6, 6.07) is 56.2. The van der Waals surface area contributed by atoms with Gasteiger partial charge in [0.05, 0.1) is 10.4 Å². The van der Waals surface area contributed by atoms with Crippen molar-refractivity contribution in [2.24, 2.45) is 0 Å². The zero-order chi connectivity index (χ0) is 35.4. The predicted molar refractivity (Wildman–Crippen MR) is 215 cm³/mol. The highest BCUT2D eigenvalue weighted by Crippen LogP contribution is 2.54. The molecule has 2 heterocycles. The lowest BCUT2D eigenvalue weighted by atomic mass is 9.61. The fourth-order valence-corrected chi connectivity index (χ4v) is 10.1. The van der Waals surface area contributed by atoms with E-state index in [2.05, 4.69) is 161 Å². The first kappa shape index (κ1) is 33.2. The minimum Gasteiger partial charge on any atom is -0.302 e. The van der Waals surface area contributed by atoms with Crippen LogP contribution in [-0.4, -0.2) is 11.4 Å². The Labute approximate surface area is 310 Å². The third-order valence-electron chi connectivity index (χ3n) is 10.9. The van der Waals surface area contributed by atoms with Crippen molar-refractivity contribution in [2.75, 3.05) is 4.90 Å². The van der Waals surface area contributed by atoms with Gasteiger partial charge in [-0.2, -0.15) is 0 Å². The van der Waals surface area contributed by atoms with E-state index in [0.29, 0.717) is 9.90 Å². The van der Waals surface area contributed by atoms with Crippen molar-refractivity contribution >= 4 is 44.6 Å². The van der Waals surface area contributed by atoms with Gasteiger partial charge in [-0.15, -0.1) is 11.3 Å². The molecular formula is C47H40ClNOS. The number of aryl methyl sites for hydroxylation is 1. The first-order valence-electron chi connectivity index (χ1n) is 17.5. The van der Waals surface area contributed by atoms with Crippen molar-refractivity contribution in [1.82, 2.24) is 0 Å². The van der Waals surface area contributed by atoms with E-state index >= 15 is 0 Å². The van der Waals surface area contributed by atoms with Crippen LogP contribution in [0.15, 0.2) is 158 Å². The van der Waals surface area contributed by atoms with Gasteiger partial charge >= 0.3 is 0 Å². The average Bonchev–Trinajstić information content (AvgIpc) is 3.49. The number of hydrogen-bond donors (Lipinski definition) is 0. The number of carbonyl (C=O) groups excluding carboxylic acids is 1. The lowest BCUT2D eigenvalue weighted by molar-refractivity contribution is 0.0953. The summed E-state index contributed by atoms with van der Waals surface area (Å²) < 4.78 is 1.01. The molecule has 252 valence electrons. The van der Waals surface area contributed by atoms with Crippen LogP contribution in [-0.2, 0) is 10.8 Å². The second kappa shape index (κ2) is 12.7. The number of amides is 1. The van der Waals surface area contributed by atoms with Crippen LogP contribution in [0.1, 0.15) is 75.8 Å². The topological polar surface area (TPSA) is 20.3 Å². The van der Waals surface area contributed by atoms with E-state index in [-0.39, 0.29) is 5.91 Å². The average molecular weight is 702 g/mol. The van der Waals surface area contributed by atoms with E-state index in [1.807, 2.05) is 29.2 Å². The summed E-state index contributed by atoms with van der Waals surface area (Å²) in [6.07, 6.45) is 0.725. The highest BCUT2D eigenvalue weighted by atomic mass is 35.5. The Hall–Kier alpha value is -4.96. The lowest BCUT2D eigenvalue weighted by Crippen LogP contribution is -2.56. The zero-order valence-electron chi connectivity index (χ0n) is 29.4. The molecule has 6 aromatic carbocycles. The monoisotopic (exact) mass is 701 g/mol. The highest BCUT2D eigenvalue weighted by molar-refractivity contribution is 7.21. The van der Waals surface area contributed by atoms with Crippen molar-refractivity contribution in [1.29, 1.82) is 0 Å². The molecule has 0 N–H and O–H groups in total. The molecule has 8 rings (SSSR count). The van der Waals surface area contributed by atoms with Gasteiger partial charge in [0.2, 0.25) is 0 Å². The Balaban J connectivity index is 1.43. The van der Waals surface area contributed by atoms with Crippen molar-refractivity contribution < 1.29 is 4.79 Å². The molecule has 0 bridgehead atoms. The quantitative estimate of drug-likeness (QED) is 0.158. The molecule has 0 saturated carbocycles. The van der Waals surface area contributed by atoms with E-state index in [1.54, 1.807) is 0 Å². The summed E-state index contributed by atoms with van der Waals surface area (Å²) in [5.74, 6) is -0.0633. The number of benzene rings is 6. The Morgan fingerprint density at radius 3 is 1.75 bits per heavy atom. The van der Waals surface area contributed by atoms with Gasteiger partial charge in [-0.05, 0) is 72.7 Å². The second-order valence-electron chi connectivity index (χ2n) is 14.6. The fraction of sp³-hybridized carbons (Fsp3) is 0.170. The van der Waals surface area contributed by atoms with Gasteiger partial charge < -0.3 is 4.90 Å². The van der Waals surface area contributed by atoms with Crippen LogP contribution in [0, 0.1) is 6.92 Å². The Bertz CT molecular complexity index is 2270. The first-order chi connectivity index (χ1) is 24.6. The smallest absolute Gasteiger partial charge is 0.270 e. The first-order valence-corrected chi connectivity index (χ1v) is 18.7. The van der Waals surface area contributed by atoms with Gasteiger partial charge in [-0.1, -0.05) is 170 Å². The molecule has 0 aliphatic carbocycles. The number of halogens is 1. The summed E-state index contributed by atoms with van der Waals surface area (Å²) in [6.45, 7) is 8.87. The largest absolute Gasteiger partial charge is 0.302 e. The van der Waals surface area contributed by atoms with Crippen molar-refractivity contribution in [3.63, 3.8) is 0 Å². The van der Waals surface area contributed by atoms with Crippen LogP contribution in [0.25, 0.3) is 10.1 Å². The summed E-state index contributed by atoms with van der Waals surface area (Å²) >= 11 is 8.48. The van der Waals surface area contributed by atoms with Gasteiger partial charge in [-0.3, -0.25) is 4.79 Å². The van der Waals surface area contributed by atoms with Crippen LogP contribution < -0.4 is 4.90 Å². The molecule has 0 spiro atoms. The van der Waals surface area contributed by atoms with E-state index in [9.17, 15) is 4.79 Å². The maximum absolute atomic E-state index is 15.0. The SMILES string of the molecule is Cc1ccc([C@@]2(C)CC(C)(C)N(C(=O)c3sc4ccccc4c3Cl)c3ccc(C(c4ccccc4)(c4ccccc4)c4ccccc4)cc32)cc1. The third kappa shape index (κ3) is 5.34. The van der Waals surface area contributed by atoms with Crippen LogP contribution in [0.4, 0.5) is 5.69 Å². The molecule has 51 heavy (non-hydrogen) atoms. The molecule has 0 saturated heterocycles. The van der Waals surface area contributed by atoms with Gasteiger partial charge in [0.15, 0.2) is 0 Å². The summed E-state index contributed by atoms with van der Waals surface area (Å²) in [5, 5.41) is 1.44. The number of anilines is 1. The van der Waals surface area contributed by atoms with E-state index in [0.717, 1.165) is 33.3 Å². The maximum Gasteiger partial charge on any atom is 0.270 e. The minimum atomic E-state index is -0.621. The van der Waals surface area contributed by atoms with Crippen molar-refractivity contribution in [2.45, 2.75) is 50.5 Å². The third-order valence-corrected chi connectivity index (χ3v) is 12.6. The number of nitrogens with zero attached hydrogens (tertiary/aromatic N) is 1. The van der Waals surface area contributed by atoms with E-state index < -0.39 is 16.4 Å². The molecule has 0 fully saturated rings. The highest BCUT2D eigenvalue weighted by Gasteiger charge is 2.50. The van der Waals surface area contributed by atoms with Crippen molar-refractivity contribution in [3.05, 3.63) is 207 Å². The summed E-state index contributed by atoms with van der Waals surface area (Å²) in [5.41, 5.74) is 7.63. The van der Waals surface area contributed by atoms with Gasteiger partial charge in [0, 0.05) is 26.7 Å². The molecule has 0 radical (unpaired) electrons. The molecule has 1 amide bonds. The van der Waals surface area contributed by atoms with Gasteiger partial charge in [-0.25, -0.2) is 0 Å². The lowest BCUT2D eigenvalue weighted by Gasteiger charge is -2.52. The minimum absolute atomic E-state index is 0.0633. The molecule has 1 aliphatic heterocycles. The normalized spacial score (nSPS) is 16.9. The molecule has 1 aromatic heterocycles. The summed E-state index contributed by atoms with van der Waals surface area (Å²) in [4.78, 5) is 17.6. The number of rotatable bonds is 6. The number of fused-ring (bicyclic) bond motifs is 2. The van der Waals surface area contributed by atoms with Crippen LogP contribution in [0.3, 0.4) is 0 Å². The van der Waals surface area contributed by atoms with Gasteiger partial charge in [0.25, 0.3) is 5.91 Å². The molecule has 0 unspecified atom stereocenters. The van der Waals surface area contributed by atoms with Crippen LogP contribution >= 0.6 is 22.9 Å². The Morgan fingerprint density at radius 1 is 0.667 bits per heavy atom. The predicted octanol–water partition coefficient (Wildman–Crippen LogP) is 12.4. The van der Waals surface area contributed by atoms with E-state index in [1.165, 1.54) is 39.2 Å². The number of hydrogen-bond acceptors (Lipinski definition) is 2. The van der Waals surface area contributed by atoms with Crippen molar-refractivity contribution in [3.8, 4) is 0 Å². The van der Waals surface area contributed by atoms with E-state index in [4.69, 9.17) is 11.6 Å². The maximum atomic E-state index is 15.0. The molecule has 4 heteroatoms. The standard InChI is InChI=1S/C47H40ClNOS/c1-32-24-26-33(27-25-32)46(4)31-45(2,3)49(44(50)43-42(48)38-22-14-15-23-41(38)51-43)40-29-28-37(30-39(40)46)47(34-16-8-5-9-17-34,35-18-10-6-11-19-35)36-20-12-7-13-21-36/h5-30H,31H2,1-4H3/t46-/m1/s1. The second-order valence-corrected chi connectivity index (χ2v) is 16.1. The molecular weight excluding hydrogens is 662 g/mol. The Morgan fingerprint density at radius 2 is 1.20 bits per heavy atom. The summed E-state index contributed by atoms with van der Waals surface area (Å²) in [7, 11) is 0. The molecule has 1 aliphatic rings.